The number of methoxy groups -OCH3 is 2. The molecule has 2 aromatic carbocycles. The smallest absolute Gasteiger partial charge is 0.251 e. The molecule has 0 radical (unpaired) electrons. The molecule has 14 heteroatoms. The monoisotopic (exact) mass is 690 g/mol. The lowest BCUT2D eigenvalue weighted by Crippen LogP contribution is -2.51. The highest BCUT2D eigenvalue weighted by Crippen LogP contribution is 2.36. The average Bonchev–Trinajstić information content (AvgIpc) is 3.86. The minimum atomic E-state index is -0.689. The molecule has 4 heterocycles. The van der Waals surface area contributed by atoms with Crippen LogP contribution in [0.5, 0.6) is 11.5 Å². The minimum absolute atomic E-state index is 0.0211. The van der Waals surface area contributed by atoms with E-state index >= 15 is 0 Å². The van der Waals surface area contributed by atoms with Gasteiger partial charge in [0.15, 0.2) is 11.5 Å². The molecule has 2 unspecified atom stereocenters. The standard InChI is InChI=1S/C35H42N6O7S/c1-22(21-49-34(45)23-9-5-4-6-10-23)32(43)41-13-7-11-26(41)31(42)37-30-24-19-28(46-2)29(47-3)20-25(24)36-35(38-30)40-16-14-39(15-17-40)33(44)27-12-8-18-48-27/h4-6,9-10,19-20,22,26-27H,7-8,11-18,21H2,1-3H3,(H,36,37,38,42)/t22?,26-,27?/m0/s1. The number of rotatable bonds is 10. The predicted molar refractivity (Wildman–Crippen MR) is 186 cm³/mol. The first kappa shape index (κ1) is 34.4. The lowest BCUT2D eigenvalue weighted by Gasteiger charge is -2.36. The fourth-order valence-electron chi connectivity index (χ4n) is 6.50. The second kappa shape index (κ2) is 15.4. The van der Waals surface area contributed by atoms with E-state index in [1.165, 1.54) is 7.11 Å². The van der Waals surface area contributed by atoms with Gasteiger partial charge in [-0.05, 0) is 31.7 Å². The summed E-state index contributed by atoms with van der Waals surface area (Å²) in [6, 6.07) is 11.8. The third-order valence-corrected chi connectivity index (χ3v) is 10.4. The van der Waals surface area contributed by atoms with E-state index in [1.54, 1.807) is 43.2 Å². The third-order valence-electron chi connectivity index (χ3n) is 9.24. The number of likely N-dealkylation sites (tertiary alicyclic amines) is 1. The number of amides is 3. The van der Waals surface area contributed by atoms with Gasteiger partial charge in [-0.15, -0.1) is 0 Å². The summed E-state index contributed by atoms with van der Waals surface area (Å²) in [5.41, 5.74) is 1.13. The van der Waals surface area contributed by atoms with Crippen molar-refractivity contribution in [3.63, 3.8) is 0 Å². The zero-order chi connectivity index (χ0) is 34.5. The Labute approximate surface area is 289 Å². The molecule has 0 bridgehead atoms. The highest BCUT2D eigenvalue weighted by Gasteiger charge is 2.37. The molecule has 3 atom stereocenters. The number of thioether (sulfide) groups is 1. The molecule has 3 aromatic rings. The van der Waals surface area contributed by atoms with E-state index in [4.69, 9.17) is 24.2 Å². The number of carbonyl (C=O) groups is 4. The fourth-order valence-corrected chi connectivity index (χ4v) is 7.35. The molecule has 1 aromatic heterocycles. The maximum Gasteiger partial charge on any atom is 0.251 e. The Morgan fingerprint density at radius 3 is 2.39 bits per heavy atom. The molecule has 3 aliphatic rings. The molecule has 3 aliphatic heterocycles. The third kappa shape index (κ3) is 7.59. The largest absolute Gasteiger partial charge is 0.493 e. The van der Waals surface area contributed by atoms with Crippen LogP contribution in [0.3, 0.4) is 0 Å². The molecule has 3 fully saturated rings. The normalized spacial score (nSPS) is 19.9. The summed E-state index contributed by atoms with van der Waals surface area (Å²) in [7, 11) is 3.07. The first-order valence-electron chi connectivity index (χ1n) is 16.7. The number of fused-ring (bicyclic) bond motifs is 1. The number of aromatic nitrogens is 2. The highest BCUT2D eigenvalue weighted by atomic mass is 32.2. The Hall–Kier alpha value is -4.43. The van der Waals surface area contributed by atoms with E-state index < -0.39 is 12.0 Å². The van der Waals surface area contributed by atoms with Crippen molar-refractivity contribution < 1.29 is 33.4 Å². The number of piperazine rings is 1. The Morgan fingerprint density at radius 1 is 0.959 bits per heavy atom. The van der Waals surface area contributed by atoms with Crippen LogP contribution in [0.15, 0.2) is 42.5 Å². The maximum absolute atomic E-state index is 13.9. The summed E-state index contributed by atoms with van der Waals surface area (Å²) in [5.74, 6) is 0.997. The average molecular weight is 691 g/mol. The molecule has 260 valence electrons. The van der Waals surface area contributed by atoms with Crippen LogP contribution < -0.4 is 19.7 Å². The summed E-state index contributed by atoms with van der Waals surface area (Å²) in [5, 5.41) is 3.47. The topological polar surface area (TPSA) is 144 Å². The van der Waals surface area contributed by atoms with Crippen molar-refractivity contribution in [3.8, 4) is 11.5 Å². The predicted octanol–water partition coefficient (Wildman–Crippen LogP) is 3.61. The maximum atomic E-state index is 13.9. The van der Waals surface area contributed by atoms with Gasteiger partial charge in [0, 0.05) is 68.0 Å². The highest BCUT2D eigenvalue weighted by molar-refractivity contribution is 8.14. The Morgan fingerprint density at radius 2 is 1.69 bits per heavy atom. The number of nitrogens with one attached hydrogen (secondary N) is 1. The first-order chi connectivity index (χ1) is 23.8. The van der Waals surface area contributed by atoms with Gasteiger partial charge in [-0.1, -0.05) is 49.0 Å². The second-order valence-electron chi connectivity index (χ2n) is 12.5. The SMILES string of the molecule is COc1cc2nc(N3CCN(C(=O)C4CCCO4)CC3)nc(NC(=O)[C@@H]3CCCN3C(=O)C(C)CSC(=O)c3ccccc3)c2cc1OC. The van der Waals surface area contributed by atoms with E-state index in [-0.39, 0.29) is 28.9 Å². The zero-order valence-corrected chi connectivity index (χ0v) is 28.9. The summed E-state index contributed by atoms with van der Waals surface area (Å²) in [6.07, 6.45) is 2.46. The van der Waals surface area contributed by atoms with Crippen molar-refractivity contribution in [1.29, 1.82) is 0 Å². The molecule has 13 nitrogen and oxygen atoms in total. The van der Waals surface area contributed by atoms with Gasteiger partial charge < -0.3 is 34.2 Å². The second-order valence-corrected chi connectivity index (χ2v) is 13.4. The molecule has 0 saturated carbocycles. The van der Waals surface area contributed by atoms with Crippen molar-refractivity contribution >= 4 is 57.3 Å². The number of nitrogens with zero attached hydrogens (tertiary/aromatic N) is 5. The summed E-state index contributed by atoms with van der Waals surface area (Å²) in [6.45, 7) is 4.88. The number of benzene rings is 2. The molecule has 0 aliphatic carbocycles. The van der Waals surface area contributed by atoms with Gasteiger partial charge in [0.05, 0.1) is 19.7 Å². The van der Waals surface area contributed by atoms with Crippen LogP contribution in [-0.2, 0) is 19.1 Å². The van der Waals surface area contributed by atoms with Gasteiger partial charge in [0.2, 0.25) is 22.9 Å². The molecule has 0 spiro atoms. The van der Waals surface area contributed by atoms with E-state index in [0.29, 0.717) is 97.7 Å². The van der Waals surface area contributed by atoms with Crippen molar-refractivity contribution in [3.05, 3.63) is 48.0 Å². The number of carbonyl (C=O) groups excluding carboxylic acids is 4. The number of hydrogen-bond acceptors (Lipinski definition) is 11. The summed E-state index contributed by atoms with van der Waals surface area (Å²) < 4.78 is 16.7. The van der Waals surface area contributed by atoms with Gasteiger partial charge in [0.1, 0.15) is 18.0 Å². The number of ether oxygens (including phenoxy) is 3. The van der Waals surface area contributed by atoms with Crippen LogP contribution in [0.2, 0.25) is 0 Å². The summed E-state index contributed by atoms with van der Waals surface area (Å²) in [4.78, 5) is 68.1. The molecule has 6 rings (SSSR count). The van der Waals surface area contributed by atoms with Crippen molar-refractivity contribution in [2.24, 2.45) is 5.92 Å². The van der Waals surface area contributed by atoms with Gasteiger partial charge in [-0.25, -0.2) is 4.98 Å². The van der Waals surface area contributed by atoms with Crippen LogP contribution in [0, 0.1) is 5.92 Å². The van der Waals surface area contributed by atoms with E-state index in [9.17, 15) is 19.2 Å². The van der Waals surface area contributed by atoms with Crippen molar-refractivity contribution in [2.45, 2.75) is 44.8 Å². The Bertz CT molecular complexity index is 1690. The molecule has 49 heavy (non-hydrogen) atoms. The van der Waals surface area contributed by atoms with Gasteiger partial charge in [-0.2, -0.15) is 4.98 Å². The van der Waals surface area contributed by atoms with E-state index in [2.05, 4.69) is 5.32 Å². The fraction of sp³-hybridized carbons (Fsp3) is 0.486. The van der Waals surface area contributed by atoms with Crippen LogP contribution in [0.4, 0.5) is 11.8 Å². The van der Waals surface area contributed by atoms with E-state index in [1.807, 2.05) is 28.0 Å². The van der Waals surface area contributed by atoms with Crippen LogP contribution >= 0.6 is 11.8 Å². The molecule has 3 amide bonds. The number of hydrogen-bond donors (Lipinski definition) is 1. The molecule has 1 N–H and O–H groups in total. The van der Waals surface area contributed by atoms with Crippen molar-refractivity contribution in [2.75, 3.05) is 69.5 Å². The van der Waals surface area contributed by atoms with Crippen LogP contribution in [0.1, 0.15) is 43.0 Å². The lowest BCUT2D eigenvalue weighted by molar-refractivity contribution is -0.141. The Kier molecular flexibility index (Phi) is 10.8. The number of anilines is 2. The van der Waals surface area contributed by atoms with Crippen LogP contribution in [-0.4, -0.2) is 114 Å². The lowest BCUT2D eigenvalue weighted by atomic mass is 10.1. The summed E-state index contributed by atoms with van der Waals surface area (Å²) >= 11 is 1.11. The van der Waals surface area contributed by atoms with Gasteiger partial charge in [0.25, 0.3) is 5.91 Å². The minimum Gasteiger partial charge on any atom is -0.493 e. The van der Waals surface area contributed by atoms with Gasteiger partial charge >= 0.3 is 0 Å². The van der Waals surface area contributed by atoms with Crippen molar-refractivity contribution in [1.82, 2.24) is 19.8 Å². The zero-order valence-electron chi connectivity index (χ0n) is 28.1. The molecular weight excluding hydrogens is 648 g/mol. The quantitative estimate of drug-likeness (QED) is 0.333. The first-order valence-corrected chi connectivity index (χ1v) is 17.7. The van der Waals surface area contributed by atoms with E-state index in [0.717, 1.165) is 24.6 Å². The van der Waals surface area contributed by atoms with Crippen LogP contribution in [0.25, 0.3) is 10.9 Å². The Balaban J connectivity index is 1.18. The molecular formula is C35H42N6O7S. The van der Waals surface area contributed by atoms with Gasteiger partial charge in [-0.3, -0.25) is 19.2 Å². The molecule has 3 saturated heterocycles.